The van der Waals surface area contributed by atoms with Crippen LogP contribution in [0, 0.1) is 0 Å². The Morgan fingerprint density at radius 3 is 2.08 bits per heavy atom. The monoisotopic (exact) mass is 504 g/mol. The third-order valence-corrected chi connectivity index (χ3v) is 5.85. The normalized spacial score (nSPS) is 15.8. The van der Waals surface area contributed by atoms with Gasteiger partial charge in [0.25, 0.3) is 0 Å². The zero-order valence-electron chi connectivity index (χ0n) is 20.5. The van der Waals surface area contributed by atoms with Gasteiger partial charge in [-0.15, -0.1) is 0 Å². The minimum Gasteiger partial charge on any atom is -0.497 e. The van der Waals surface area contributed by atoms with Crippen LogP contribution in [0.15, 0.2) is 65.0 Å². The minimum absolute atomic E-state index is 0.0208. The summed E-state index contributed by atoms with van der Waals surface area (Å²) in [6.45, 7) is 3.16. The van der Waals surface area contributed by atoms with E-state index in [-0.39, 0.29) is 23.3 Å². The van der Waals surface area contributed by atoms with Gasteiger partial charge >= 0.3 is 12.1 Å². The van der Waals surface area contributed by atoms with Crippen molar-refractivity contribution in [3.05, 3.63) is 81.7 Å². The summed E-state index contributed by atoms with van der Waals surface area (Å²) in [4.78, 5) is 26.2. The summed E-state index contributed by atoms with van der Waals surface area (Å²) in [5.74, 6) is -1.76. The number of methoxy groups -OCH3 is 3. The topological polar surface area (TPSA) is 85.9 Å². The van der Waals surface area contributed by atoms with Gasteiger partial charge in [-0.1, -0.05) is 18.2 Å². The smallest absolute Gasteiger partial charge is 0.416 e. The maximum absolute atomic E-state index is 14.0. The standard InChI is InChI=1S/C26H27F3N2O5/c1-14-21(24(32)30-13-16-10-17(34-3)12-18(11-16)35-4)23(22(15(2)31-14)25(33)36-5)19-8-6-7-9-20(19)26(27,28)29/h6-12,23,31H,13H2,1-5H3,(H,30,32)/t23-/m0/s1. The number of hydrogen-bond donors (Lipinski definition) is 2. The summed E-state index contributed by atoms with van der Waals surface area (Å²) in [6, 6.07) is 9.95. The highest BCUT2D eigenvalue weighted by atomic mass is 19.4. The van der Waals surface area contributed by atoms with E-state index in [0.717, 1.165) is 13.2 Å². The van der Waals surface area contributed by atoms with E-state index in [1.165, 1.54) is 32.4 Å². The van der Waals surface area contributed by atoms with Crippen LogP contribution in [0.25, 0.3) is 0 Å². The van der Waals surface area contributed by atoms with Crippen molar-refractivity contribution in [2.75, 3.05) is 21.3 Å². The minimum atomic E-state index is -4.71. The van der Waals surface area contributed by atoms with Gasteiger partial charge in [0.05, 0.1) is 38.4 Å². The molecule has 0 aliphatic carbocycles. The van der Waals surface area contributed by atoms with Crippen LogP contribution in [0.4, 0.5) is 13.2 Å². The number of carbonyl (C=O) groups excluding carboxylic acids is 2. The molecule has 36 heavy (non-hydrogen) atoms. The van der Waals surface area contributed by atoms with Gasteiger partial charge in [-0.3, -0.25) is 4.79 Å². The Morgan fingerprint density at radius 1 is 0.944 bits per heavy atom. The Kier molecular flexibility index (Phi) is 7.96. The van der Waals surface area contributed by atoms with Crippen molar-refractivity contribution in [1.82, 2.24) is 10.6 Å². The van der Waals surface area contributed by atoms with Gasteiger partial charge in [-0.05, 0) is 43.2 Å². The predicted octanol–water partition coefficient (Wildman–Crippen LogP) is 4.45. The van der Waals surface area contributed by atoms with Crippen molar-refractivity contribution in [3.8, 4) is 11.5 Å². The number of dihydropyridines is 1. The molecule has 1 heterocycles. The van der Waals surface area contributed by atoms with Crippen LogP contribution in [0.2, 0.25) is 0 Å². The largest absolute Gasteiger partial charge is 0.497 e. The van der Waals surface area contributed by atoms with Crippen LogP contribution in [0.1, 0.15) is 36.5 Å². The molecule has 1 atom stereocenters. The Morgan fingerprint density at radius 2 is 1.53 bits per heavy atom. The summed E-state index contributed by atoms with van der Waals surface area (Å²) < 4.78 is 57.3. The molecule has 0 radical (unpaired) electrons. The van der Waals surface area contributed by atoms with Gasteiger partial charge in [-0.25, -0.2) is 4.79 Å². The van der Waals surface area contributed by atoms with E-state index in [4.69, 9.17) is 14.2 Å². The molecule has 10 heteroatoms. The van der Waals surface area contributed by atoms with Gasteiger partial charge in [0.15, 0.2) is 0 Å². The number of allylic oxidation sites excluding steroid dienone is 2. The highest BCUT2D eigenvalue weighted by molar-refractivity contribution is 6.02. The maximum Gasteiger partial charge on any atom is 0.416 e. The van der Waals surface area contributed by atoms with E-state index in [9.17, 15) is 22.8 Å². The van der Waals surface area contributed by atoms with Gasteiger partial charge < -0.3 is 24.8 Å². The second-order valence-electron chi connectivity index (χ2n) is 8.12. The van der Waals surface area contributed by atoms with Crippen molar-refractivity contribution in [2.45, 2.75) is 32.5 Å². The Labute approximate surface area is 206 Å². The molecule has 0 fully saturated rings. The fourth-order valence-electron chi connectivity index (χ4n) is 4.24. The van der Waals surface area contributed by atoms with E-state index in [1.54, 1.807) is 32.0 Å². The van der Waals surface area contributed by atoms with Crippen LogP contribution < -0.4 is 20.1 Å². The average molecular weight is 505 g/mol. The fourth-order valence-corrected chi connectivity index (χ4v) is 4.24. The second-order valence-corrected chi connectivity index (χ2v) is 8.12. The molecule has 0 saturated carbocycles. The molecule has 0 saturated heterocycles. The van der Waals surface area contributed by atoms with E-state index >= 15 is 0 Å². The molecule has 1 aliphatic rings. The van der Waals surface area contributed by atoms with Crippen LogP contribution in [-0.2, 0) is 27.0 Å². The molecule has 192 valence electrons. The van der Waals surface area contributed by atoms with Crippen LogP contribution in [0.3, 0.4) is 0 Å². The number of carbonyl (C=O) groups is 2. The zero-order chi connectivity index (χ0) is 26.6. The number of nitrogens with one attached hydrogen (secondary N) is 2. The molecule has 0 unspecified atom stereocenters. The Balaban J connectivity index is 2.07. The molecule has 2 aromatic carbocycles. The Hall–Kier alpha value is -3.95. The first-order chi connectivity index (χ1) is 17.0. The quantitative estimate of drug-likeness (QED) is 0.542. The highest BCUT2D eigenvalue weighted by Gasteiger charge is 2.42. The van der Waals surface area contributed by atoms with Gasteiger partial charge in [0, 0.05) is 29.6 Å². The molecule has 1 aliphatic heterocycles. The molecular weight excluding hydrogens is 477 g/mol. The lowest BCUT2D eigenvalue weighted by Crippen LogP contribution is -2.37. The number of halogens is 3. The van der Waals surface area contributed by atoms with Crippen LogP contribution in [0.5, 0.6) is 11.5 Å². The number of rotatable bonds is 7. The van der Waals surface area contributed by atoms with Crippen molar-refractivity contribution >= 4 is 11.9 Å². The van der Waals surface area contributed by atoms with E-state index < -0.39 is 29.5 Å². The van der Waals surface area contributed by atoms with Crippen molar-refractivity contribution in [2.24, 2.45) is 0 Å². The lowest BCUT2D eigenvalue weighted by atomic mass is 9.78. The molecule has 0 spiro atoms. The number of hydrogen-bond acceptors (Lipinski definition) is 6. The van der Waals surface area contributed by atoms with Crippen LogP contribution >= 0.6 is 0 Å². The first-order valence-corrected chi connectivity index (χ1v) is 10.9. The first kappa shape index (κ1) is 26.7. The molecule has 2 N–H and O–H groups in total. The van der Waals surface area contributed by atoms with Crippen molar-refractivity contribution in [3.63, 3.8) is 0 Å². The van der Waals surface area contributed by atoms with Gasteiger partial charge in [0.1, 0.15) is 11.5 Å². The molecule has 0 aromatic heterocycles. The first-order valence-electron chi connectivity index (χ1n) is 10.9. The lowest BCUT2D eigenvalue weighted by molar-refractivity contribution is -0.139. The lowest BCUT2D eigenvalue weighted by Gasteiger charge is -2.32. The number of alkyl halides is 3. The fraction of sp³-hybridized carbons (Fsp3) is 0.308. The van der Waals surface area contributed by atoms with Gasteiger partial charge in [0.2, 0.25) is 5.91 Å². The molecule has 2 aromatic rings. The van der Waals surface area contributed by atoms with E-state index in [1.807, 2.05) is 0 Å². The SMILES string of the molecule is COC(=O)C1=C(C)NC(C)=C(C(=O)NCc2cc(OC)cc(OC)c2)[C@@H]1c1ccccc1C(F)(F)F. The van der Waals surface area contributed by atoms with Crippen molar-refractivity contribution < 1.29 is 37.0 Å². The number of esters is 1. The summed E-state index contributed by atoms with van der Waals surface area (Å²) in [5, 5.41) is 5.69. The number of ether oxygens (including phenoxy) is 3. The molecule has 3 rings (SSSR count). The van der Waals surface area contributed by atoms with E-state index in [0.29, 0.717) is 28.5 Å². The van der Waals surface area contributed by atoms with Gasteiger partial charge in [-0.2, -0.15) is 13.2 Å². The molecular formula is C26H27F3N2O5. The van der Waals surface area contributed by atoms with E-state index in [2.05, 4.69) is 10.6 Å². The summed E-state index contributed by atoms with van der Waals surface area (Å²) in [7, 11) is 4.12. The Bertz CT molecular complexity index is 1210. The van der Waals surface area contributed by atoms with Crippen molar-refractivity contribution in [1.29, 1.82) is 0 Å². The third-order valence-electron chi connectivity index (χ3n) is 5.85. The zero-order valence-corrected chi connectivity index (χ0v) is 20.5. The second kappa shape index (κ2) is 10.8. The average Bonchev–Trinajstić information content (AvgIpc) is 2.85. The van der Waals surface area contributed by atoms with Crippen LogP contribution in [-0.4, -0.2) is 33.2 Å². The summed E-state index contributed by atoms with van der Waals surface area (Å²) in [5.41, 5.74) is 0.00749. The third kappa shape index (κ3) is 5.48. The number of amides is 1. The number of benzene rings is 2. The molecule has 0 bridgehead atoms. The maximum atomic E-state index is 14.0. The summed E-state index contributed by atoms with van der Waals surface area (Å²) >= 11 is 0. The highest BCUT2D eigenvalue weighted by Crippen LogP contribution is 2.44. The molecule has 7 nitrogen and oxygen atoms in total. The predicted molar refractivity (Wildman–Crippen MR) is 126 cm³/mol. The summed E-state index contributed by atoms with van der Waals surface area (Å²) in [6.07, 6.45) is -4.71. The molecule has 1 amide bonds.